The summed E-state index contributed by atoms with van der Waals surface area (Å²) < 4.78 is 18.4. The molecule has 2 heterocycles. The fourth-order valence-electron chi connectivity index (χ4n) is 2.25. The van der Waals surface area contributed by atoms with E-state index < -0.39 is 0 Å². The third-order valence-corrected chi connectivity index (χ3v) is 3.28. The van der Waals surface area contributed by atoms with Gasteiger partial charge in [-0.2, -0.15) is 0 Å². The Morgan fingerprint density at radius 3 is 2.41 bits per heavy atom. The highest BCUT2D eigenvalue weighted by Crippen LogP contribution is 2.29. The van der Waals surface area contributed by atoms with Gasteiger partial charge in [0.2, 0.25) is 5.88 Å². The van der Waals surface area contributed by atoms with Crippen molar-refractivity contribution in [3.05, 3.63) is 72.2 Å². The van der Waals surface area contributed by atoms with E-state index >= 15 is 0 Å². The zero-order chi connectivity index (χ0) is 15.4. The molecule has 3 aromatic rings. The van der Waals surface area contributed by atoms with Gasteiger partial charge in [-0.15, -0.1) is 0 Å². The summed E-state index contributed by atoms with van der Waals surface area (Å²) in [6, 6.07) is 8.26. The first kappa shape index (κ1) is 14.1. The van der Waals surface area contributed by atoms with Crippen LogP contribution in [0.1, 0.15) is 11.1 Å². The SMILES string of the molecule is COc1ncc(Cc2cncnc2)cc1-c1ccc(F)cc1. The van der Waals surface area contributed by atoms with Crippen molar-refractivity contribution >= 4 is 0 Å². The second-order valence-electron chi connectivity index (χ2n) is 4.83. The van der Waals surface area contributed by atoms with Crippen molar-refractivity contribution in [1.29, 1.82) is 0 Å². The molecule has 1 aromatic carbocycles. The first-order valence-electron chi connectivity index (χ1n) is 6.79. The number of halogens is 1. The van der Waals surface area contributed by atoms with Crippen LogP contribution in [0.15, 0.2) is 55.2 Å². The highest BCUT2D eigenvalue weighted by molar-refractivity contribution is 5.69. The maximum absolute atomic E-state index is 13.1. The van der Waals surface area contributed by atoms with Gasteiger partial charge in [0.15, 0.2) is 0 Å². The quantitative estimate of drug-likeness (QED) is 0.741. The molecule has 22 heavy (non-hydrogen) atoms. The molecule has 110 valence electrons. The number of pyridine rings is 1. The standard InChI is InChI=1S/C17H14FN3O/c1-22-17-16(14-2-4-15(18)5-3-14)7-12(10-21-17)6-13-8-19-11-20-9-13/h2-5,7-11H,6H2,1H3. The summed E-state index contributed by atoms with van der Waals surface area (Å²) in [7, 11) is 1.57. The maximum Gasteiger partial charge on any atom is 0.221 e. The molecule has 0 fully saturated rings. The summed E-state index contributed by atoms with van der Waals surface area (Å²) in [5.74, 6) is 0.243. The second-order valence-corrected chi connectivity index (χ2v) is 4.83. The molecule has 0 spiro atoms. The van der Waals surface area contributed by atoms with E-state index in [1.54, 1.807) is 37.8 Å². The molecule has 3 rings (SSSR count). The van der Waals surface area contributed by atoms with Gasteiger partial charge in [-0.3, -0.25) is 0 Å². The lowest BCUT2D eigenvalue weighted by Gasteiger charge is -2.10. The third kappa shape index (κ3) is 3.09. The minimum Gasteiger partial charge on any atom is -0.481 e. The van der Waals surface area contributed by atoms with E-state index in [1.165, 1.54) is 18.5 Å². The number of rotatable bonds is 4. The lowest BCUT2D eigenvalue weighted by Crippen LogP contribution is -1.96. The molecular formula is C17H14FN3O. The van der Waals surface area contributed by atoms with Crippen molar-refractivity contribution in [2.24, 2.45) is 0 Å². The van der Waals surface area contributed by atoms with Gasteiger partial charge in [0, 0.05) is 30.6 Å². The van der Waals surface area contributed by atoms with E-state index in [4.69, 9.17) is 4.74 Å². The molecule has 0 saturated heterocycles. The van der Waals surface area contributed by atoms with Gasteiger partial charge in [-0.25, -0.2) is 19.3 Å². The molecule has 0 aliphatic rings. The van der Waals surface area contributed by atoms with E-state index in [-0.39, 0.29) is 5.82 Å². The lowest BCUT2D eigenvalue weighted by atomic mass is 10.0. The fraction of sp³-hybridized carbons (Fsp3) is 0.118. The largest absolute Gasteiger partial charge is 0.481 e. The molecule has 2 aromatic heterocycles. The zero-order valence-electron chi connectivity index (χ0n) is 12.0. The molecule has 0 radical (unpaired) electrons. The van der Waals surface area contributed by atoms with E-state index in [2.05, 4.69) is 15.0 Å². The predicted molar refractivity (Wildman–Crippen MR) is 81.0 cm³/mol. The molecule has 0 bridgehead atoms. The predicted octanol–water partition coefficient (Wildman–Crippen LogP) is 3.28. The van der Waals surface area contributed by atoms with Crippen LogP contribution in [-0.4, -0.2) is 22.1 Å². The van der Waals surface area contributed by atoms with Crippen molar-refractivity contribution in [3.8, 4) is 17.0 Å². The maximum atomic E-state index is 13.1. The van der Waals surface area contributed by atoms with Gasteiger partial charge in [-0.1, -0.05) is 12.1 Å². The van der Waals surface area contributed by atoms with Crippen LogP contribution in [0.3, 0.4) is 0 Å². The van der Waals surface area contributed by atoms with Gasteiger partial charge >= 0.3 is 0 Å². The van der Waals surface area contributed by atoms with E-state index in [1.807, 2.05) is 6.07 Å². The summed E-state index contributed by atoms with van der Waals surface area (Å²) in [5, 5.41) is 0. The van der Waals surface area contributed by atoms with Crippen LogP contribution >= 0.6 is 0 Å². The average molecular weight is 295 g/mol. The summed E-state index contributed by atoms with van der Waals surface area (Å²) in [6.07, 6.45) is 7.48. The van der Waals surface area contributed by atoms with Crippen molar-refractivity contribution in [2.75, 3.05) is 7.11 Å². The van der Waals surface area contributed by atoms with Crippen LogP contribution in [0.25, 0.3) is 11.1 Å². The Labute approximate surface area is 127 Å². The number of hydrogen-bond acceptors (Lipinski definition) is 4. The molecule has 0 aliphatic heterocycles. The Kier molecular flexibility index (Phi) is 4.05. The molecular weight excluding hydrogens is 281 g/mol. The minimum atomic E-state index is -0.270. The Morgan fingerprint density at radius 1 is 1.00 bits per heavy atom. The highest BCUT2D eigenvalue weighted by Gasteiger charge is 2.09. The van der Waals surface area contributed by atoms with E-state index in [9.17, 15) is 4.39 Å². The third-order valence-electron chi connectivity index (χ3n) is 3.28. The Bertz CT molecular complexity index is 761. The summed E-state index contributed by atoms with van der Waals surface area (Å²) in [4.78, 5) is 12.3. The van der Waals surface area contributed by atoms with Crippen molar-refractivity contribution in [3.63, 3.8) is 0 Å². The first-order chi connectivity index (χ1) is 10.8. The van der Waals surface area contributed by atoms with E-state index in [0.29, 0.717) is 12.3 Å². The fourth-order valence-corrected chi connectivity index (χ4v) is 2.25. The van der Waals surface area contributed by atoms with Crippen LogP contribution in [-0.2, 0) is 6.42 Å². The van der Waals surface area contributed by atoms with Crippen LogP contribution in [0, 0.1) is 5.82 Å². The molecule has 0 unspecified atom stereocenters. The van der Waals surface area contributed by atoms with Crippen LogP contribution in [0.4, 0.5) is 4.39 Å². The van der Waals surface area contributed by atoms with Gasteiger partial charge in [-0.05, 0) is 34.9 Å². The normalized spacial score (nSPS) is 10.5. The summed E-state index contributed by atoms with van der Waals surface area (Å²) >= 11 is 0. The molecule has 0 N–H and O–H groups in total. The molecule has 0 saturated carbocycles. The van der Waals surface area contributed by atoms with Crippen LogP contribution in [0.2, 0.25) is 0 Å². The monoisotopic (exact) mass is 295 g/mol. The minimum absolute atomic E-state index is 0.270. The molecule has 5 heteroatoms. The second kappa shape index (κ2) is 6.30. The smallest absolute Gasteiger partial charge is 0.221 e. The van der Waals surface area contributed by atoms with Gasteiger partial charge < -0.3 is 4.74 Å². The zero-order valence-corrected chi connectivity index (χ0v) is 12.0. The first-order valence-corrected chi connectivity index (χ1v) is 6.79. The van der Waals surface area contributed by atoms with Gasteiger partial charge in [0.1, 0.15) is 12.1 Å². The highest BCUT2D eigenvalue weighted by atomic mass is 19.1. The number of hydrogen-bond donors (Lipinski definition) is 0. The van der Waals surface area contributed by atoms with Crippen molar-refractivity contribution < 1.29 is 9.13 Å². The van der Waals surface area contributed by atoms with Gasteiger partial charge in [0.25, 0.3) is 0 Å². The van der Waals surface area contributed by atoms with E-state index in [0.717, 1.165) is 22.3 Å². The number of ether oxygens (including phenoxy) is 1. The van der Waals surface area contributed by atoms with Gasteiger partial charge in [0.05, 0.1) is 7.11 Å². The molecule has 0 atom stereocenters. The Balaban J connectivity index is 1.97. The number of benzene rings is 1. The van der Waals surface area contributed by atoms with Crippen LogP contribution in [0.5, 0.6) is 5.88 Å². The number of methoxy groups -OCH3 is 1. The molecule has 0 aliphatic carbocycles. The molecule has 4 nitrogen and oxygen atoms in total. The number of aromatic nitrogens is 3. The van der Waals surface area contributed by atoms with Crippen molar-refractivity contribution in [1.82, 2.24) is 15.0 Å². The molecule has 0 amide bonds. The lowest BCUT2D eigenvalue weighted by molar-refractivity contribution is 0.399. The van der Waals surface area contributed by atoms with Crippen molar-refractivity contribution in [2.45, 2.75) is 6.42 Å². The topological polar surface area (TPSA) is 47.9 Å². The Morgan fingerprint density at radius 2 is 1.73 bits per heavy atom. The average Bonchev–Trinajstić information content (AvgIpc) is 2.56. The Hall–Kier alpha value is -2.82. The summed E-state index contributed by atoms with van der Waals surface area (Å²) in [6.45, 7) is 0. The number of nitrogens with zero attached hydrogens (tertiary/aromatic N) is 3. The van der Waals surface area contributed by atoms with Crippen LogP contribution < -0.4 is 4.74 Å². The summed E-state index contributed by atoms with van der Waals surface area (Å²) in [5.41, 5.74) is 3.70.